The van der Waals surface area contributed by atoms with Gasteiger partial charge in [-0.1, -0.05) is 24.3 Å². The van der Waals surface area contributed by atoms with Crippen molar-refractivity contribution < 1.29 is 4.39 Å². The summed E-state index contributed by atoms with van der Waals surface area (Å²) in [5, 5.41) is 6.31. The lowest BCUT2D eigenvalue weighted by molar-refractivity contribution is 0.612. The van der Waals surface area contributed by atoms with Crippen LogP contribution in [0.5, 0.6) is 0 Å². The maximum absolute atomic E-state index is 13.7. The van der Waals surface area contributed by atoms with E-state index in [1.54, 1.807) is 30.6 Å². The van der Waals surface area contributed by atoms with Crippen LogP contribution in [0.1, 0.15) is 16.8 Å². The van der Waals surface area contributed by atoms with Gasteiger partial charge in [0, 0.05) is 42.8 Å². The van der Waals surface area contributed by atoms with Crippen molar-refractivity contribution in [3.63, 3.8) is 0 Å². The molecule has 0 aliphatic heterocycles. The summed E-state index contributed by atoms with van der Waals surface area (Å²) >= 11 is 0. The van der Waals surface area contributed by atoms with Crippen LogP contribution in [0.4, 0.5) is 16.2 Å². The summed E-state index contributed by atoms with van der Waals surface area (Å²) in [5.74, 6) is 0.932. The Morgan fingerprint density at radius 3 is 2.67 bits per heavy atom. The second-order valence-corrected chi connectivity index (χ2v) is 5.38. The molecule has 1 aromatic carbocycles. The predicted octanol–water partition coefficient (Wildman–Crippen LogP) is 3.54. The van der Waals surface area contributed by atoms with Crippen LogP contribution in [-0.2, 0) is 13.1 Å². The van der Waals surface area contributed by atoms with E-state index in [9.17, 15) is 4.39 Å². The first-order valence-electron chi connectivity index (χ1n) is 7.66. The van der Waals surface area contributed by atoms with Gasteiger partial charge < -0.3 is 10.6 Å². The number of hydrogen-bond donors (Lipinski definition) is 2. The lowest BCUT2D eigenvalue weighted by atomic mass is 10.2. The third-order valence-corrected chi connectivity index (χ3v) is 3.45. The second kappa shape index (κ2) is 7.50. The van der Waals surface area contributed by atoms with Crippen molar-refractivity contribution in [2.75, 3.05) is 10.6 Å². The van der Waals surface area contributed by atoms with E-state index < -0.39 is 0 Å². The zero-order valence-corrected chi connectivity index (χ0v) is 13.3. The molecule has 24 heavy (non-hydrogen) atoms. The van der Waals surface area contributed by atoms with Crippen molar-refractivity contribution in [2.45, 2.75) is 20.0 Å². The van der Waals surface area contributed by atoms with Crippen LogP contribution in [0, 0.1) is 12.7 Å². The molecule has 0 spiro atoms. The van der Waals surface area contributed by atoms with E-state index >= 15 is 0 Å². The molecule has 0 aliphatic carbocycles. The van der Waals surface area contributed by atoms with E-state index in [0.29, 0.717) is 30.4 Å². The fourth-order valence-electron chi connectivity index (χ4n) is 2.25. The predicted molar refractivity (Wildman–Crippen MR) is 92.1 cm³/mol. The van der Waals surface area contributed by atoms with Crippen molar-refractivity contribution in [1.29, 1.82) is 0 Å². The van der Waals surface area contributed by atoms with Crippen molar-refractivity contribution >= 4 is 11.8 Å². The highest BCUT2D eigenvalue weighted by Crippen LogP contribution is 2.13. The first-order chi connectivity index (χ1) is 11.7. The number of pyridine rings is 1. The van der Waals surface area contributed by atoms with Crippen molar-refractivity contribution in [1.82, 2.24) is 15.0 Å². The number of rotatable bonds is 6. The average Bonchev–Trinajstić information content (AvgIpc) is 2.60. The molecule has 3 aromatic rings. The van der Waals surface area contributed by atoms with Crippen molar-refractivity contribution in [3.05, 3.63) is 77.5 Å². The molecule has 122 valence electrons. The molecular formula is C18H18FN5. The molecule has 0 radical (unpaired) electrons. The molecule has 0 bridgehead atoms. The van der Waals surface area contributed by atoms with Gasteiger partial charge in [-0.25, -0.2) is 9.37 Å². The number of anilines is 2. The van der Waals surface area contributed by atoms with E-state index in [0.717, 1.165) is 11.3 Å². The summed E-state index contributed by atoms with van der Waals surface area (Å²) in [6.45, 7) is 2.85. The minimum absolute atomic E-state index is 0.243. The first-order valence-corrected chi connectivity index (χ1v) is 7.66. The molecule has 0 amide bonds. The Hall–Kier alpha value is -3.02. The topological polar surface area (TPSA) is 62.7 Å². The molecule has 0 saturated carbocycles. The van der Waals surface area contributed by atoms with Gasteiger partial charge in [0.15, 0.2) is 0 Å². The van der Waals surface area contributed by atoms with Crippen LogP contribution >= 0.6 is 0 Å². The van der Waals surface area contributed by atoms with E-state index in [4.69, 9.17) is 0 Å². The van der Waals surface area contributed by atoms with Crippen LogP contribution in [-0.4, -0.2) is 15.0 Å². The number of aromatic nitrogens is 3. The maximum atomic E-state index is 13.7. The normalized spacial score (nSPS) is 10.4. The van der Waals surface area contributed by atoms with Gasteiger partial charge in [0.2, 0.25) is 5.95 Å². The van der Waals surface area contributed by atoms with Crippen LogP contribution in [0.15, 0.2) is 54.9 Å². The zero-order valence-electron chi connectivity index (χ0n) is 13.3. The Morgan fingerprint density at radius 2 is 1.88 bits per heavy atom. The third kappa shape index (κ3) is 4.25. The lowest BCUT2D eigenvalue weighted by Gasteiger charge is -2.10. The van der Waals surface area contributed by atoms with Gasteiger partial charge in [0.25, 0.3) is 0 Å². The minimum atomic E-state index is -0.243. The highest BCUT2D eigenvalue weighted by atomic mass is 19.1. The molecule has 2 heterocycles. The highest BCUT2D eigenvalue weighted by Gasteiger charge is 2.05. The number of aryl methyl sites for hydroxylation is 1. The number of nitrogens with one attached hydrogen (secondary N) is 2. The van der Waals surface area contributed by atoms with E-state index in [-0.39, 0.29) is 5.82 Å². The van der Waals surface area contributed by atoms with Gasteiger partial charge in [-0.05, 0) is 24.6 Å². The molecule has 3 rings (SSSR count). The SMILES string of the molecule is Cc1cc(NCc2cccnc2)nc(NCc2ccccc2F)n1. The zero-order chi connectivity index (χ0) is 16.8. The number of hydrogen-bond acceptors (Lipinski definition) is 5. The average molecular weight is 323 g/mol. The number of halogens is 1. The molecule has 2 N–H and O–H groups in total. The van der Waals surface area contributed by atoms with Crippen LogP contribution in [0.2, 0.25) is 0 Å². The standard InChI is InChI=1S/C18H18FN5/c1-13-9-17(21-11-14-5-4-8-20-10-14)24-18(23-13)22-12-15-6-2-3-7-16(15)19/h2-10H,11-12H2,1H3,(H2,21,22,23,24). The molecule has 0 saturated heterocycles. The van der Waals surface area contributed by atoms with Crippen LogP contribution < -0.4 is 10.6 Å². The molecule has 0 aliphatic rings. The Morgan fingerprint density at radius 1 is 1.00 bits per heavy atom. The first kappa shape index (κ1) is 15.9. The third-order valence-electron chi connectivity index (χ3n) is 3.45. The summed E-state index contributed by atoms with van der Waals surface area (Å²) in [4.78, 5) is 12.8. The fourth-order valence-corrected chi connectivity index (χ4v) is 2.25. The monoisotopic (exact) mass is 323 g/mol. The summed E-state index contributed by atoms with van der Waals surface area (Å²) in [6, 6.07) is 12.4. The molecule has 0 fully saturated rings. The Bertz CT molecular complexity index is 808. The van der Waals surface area contributed by atoms with Crippen LogP contribution in [0.25, 0.3) is 0 Å². The Balaban J connectivity index is 1.66. The lowest BCUT2D eigenvalue weighted by Crippen LogP contribution is -2.08. The summed E-state index contributed by atoms with van der Waals surface area (Å²) in [5.41, 5.74) is 2.47. The van der Waals surface area contributed by atoms with E-state index in [1.165, 1.54) is 6.07 Å². The van der Waals surface area contributed by atoms with Crippen molar-refractivity contribution in [2.24, 2.45) is 0 Å². The molecule has 6 heteroatoms. The smallest absolute Gasteiger partial charge is 0.225 e. The quantitative estimate of drug-likeness (QED) is 0.726. The van der Waals surface area contributed by atoms with Gasteiger partial charge in [0.1, 0.15) is 11.6 Å². The maximum Gasteiger partial charge on any atom is 0.225 e. The van der Waals surface area contributed by atoms with E-state index in [2.05, 4.69) is 25.6 Å². The summed E-state index contributed by atoms with van der Waals surface area (Å²) < 4.78 is 13.7. The van der Waals surface area contributed by atoms with Gasteiger partial charge in [0.05, 0.1) is 0 Å². The number of benzene rings is 1. The summed E-state index contributed by atoms with van der Waals surface area (Å²) in [7, 11) is 0. The van der Waals surface area contributed by atoms with E-state index in [1.807, 2.05) is 25.1 Å². The second-order valence-electron chi connectivity index (χ2n) is 5.38. The fraction of sp³-hybridized carbons (Fsp3) is 0.167. The molecule has 0 atom stereocenters. The van der Waals surface area contributed by atoms with Gasteiger partial charge >= 0.3 is 0 Å². The highest BCUT2D eigenvalue weighted by molar-refractivity contribution is 5.43. The molecule has 0 unspecified atom stereocenters. The largest absolute Gasteiger partial charge is 0.366 e. The molecule has 2 aromatic heterocycles. The van der Waals surface area contributed by atoms with Crippen molar-refractivity contribution in [3.8, 4) is 0 Å². The number of nitrogens with zero attached hydrogens (tertiary/aromatic N) is 3. The Labute approximate surface area is 140 Å². The summed E-state index contributed by atoms with van der Waals surface area (Å²) in [6.07, 6.45) is 3.54. The molecule has 5 nitrogen and oxygen atoms in total. The van der Waals surface area contributed by atoms with Gasteiger partial charge in [-0.15, -0.1) is 0 Å². The minimum Gasteiger partial charge on any atom is -0.366 e. The van der Waals surface area contributed by atoms with Gasteiger partial charge in [-0.3, -0.25) is 4.98 Å². The van der Waals surface area contributed by atoms with Gasteiger partial charge in [-0.2, -0.15) is 4.98 Å². The Kier molecular flexibility index (Phi) is 4.96. The van der Waals surface area contributed by atoms with Crippen LogP contribution in [0.3, 0.4) is 0 Å². The molecular weight excluding hydrogens is 305 g/mol.